The third-order valence-corrected chi connectivity index (χ3v) is 4.35. The van der Waals surface area contributed by atoms with E-state index in [0.29, 0.717) is 29.2 Å². The topological polar surface area (TPSA) is 80.3 Å². The zero-order valence-corrected chi connectivity index (χ0v) is 16.7. The first-order valence-corrected chi connectivity index (χ1v) is 9.35. The molecule has 3 aromatic rings. The van der Waals surface area contributed by atoms with E-state index in [1.807, 2.05) is 38.1 Å². The molecular weight excluding hydrogens is 366 g/mol. The Labute approximate surface area is 169 Å². The van der Waals surface area contributed by atoms with Gasteiger partial charge in [-0.3, -0.25) is 4.79 Å². The molecule has 0 radical (unpaired) electrons. The number of carbonyl (C=O) groups excluding carboxylic acids is 2. The first-order chi connectivity index (χ1) is 14.0. The summed E-state index contributed by atoms with van der Waals surface area (Å²) in [5, 5.41) is 6.01. The van der Waals surface area contributed by atoms with Crippen LogP contribution in [0.4, 0.5) is 17.2 Å². The van der Waals surface area contributed by atoms with Gasteiger partial charge >= 0.3 is 5.97 Å². The maximum Gasteiger partial charge on any atom is 0.340 e. The minimum Gasteiger partial charge on any atom is -0.462 e. The molecular formula is C23H23N3O3. The number of amides is 1. The number of nitrogens with zero attached hydrogens (tertiary/aromatic N) is 1. The molecule has 0 unspecified atom stereocenters. The van der Waals surface area contributed by atoms with Gasteiger partial charge in [0.1, 0.15) is 5.82 Å². The molecule has 29 heavy (non-hydrogen) atoms. The number of benzene rings is 2. The number of para-hydroxylation sites is 1. The van der Waals surface area contributed by atoms with E-state index in [0.717, 1.165) is 16.8 Å². The van der Waals surface area contributed by atoms with E-state index in [1.54, 1.807) is 37.3 Å². The Morgan fingerprint density at radius 2 is 1.79 bits per heavy atom. The molecule has 6 heteroatoms. The number of aromatic nitrogens is 1. The van der Waals surface area contributed by atoms with E-state index in [-0.39, 0.29) is 5.91 Å². The molecule has 3 rings (SSSR count). The summed E-state index contributed by atoms with van der Waals surface area (Å²) in [6, 6.07) is 16.3. The standard InChI is InChI=1S/C23H23N3O3/c1-4-29-23(28)18-7-5-6-8-19(18)25-21-12-11-17(14-24-21)22(27)26-20-13-15(2)9-10-16(20)3/h5-14H,4H2,1-3H3,(H,24,25)(H,26,27). The zero-order valence-electron chi connectivity index (χ0n) is 16.7. The smallest absolute Gasteiger partial charge is 0.340 e. The fraction of sp³-hybridized carbons (Fsp3) is 0.174. The van der Waals surface area contributed by atoms with Crippen LogP contribution in [0.3, 0.4) is 0 Å². The van der Waals surface area contributed by atoms with E-state index < -0.39 is 5.97 Å². The van der Waals surface area contributed by atoms with Crippen LogP contribution >= 0.6 is 0 Å². The predicted molar refractivity (Wildman–Crippen MR) is 114 cm³/mol. The molecule has 0 bridgehead atoms. The lowest BCUT2D eigenvalue weighted by molar-refractivity contribution is 0.0527. The number of esters is 1. The summed E-state index contributed by atoms with van der Waals surface area (Å²) in [5.41, 5.74) is 4.30. The lowest BCUT2D eigenvalue weighted by Gasteiger charge is -2.12. The van der Waals surface area contributed by atoms with Crippen LogP contribution in [0.2, 0.25) is 0 Å². The normalized spacial score (nSPS) is 10.3. The van der Waals surface area contributed by atoms with Gasteiger partial charge < -0.3 is 15.4 Å². The minimum absolute atomic E-state index is 0.232. The van der Waals surface area contributed by atoms with Gasteiger partial charge in [-0.15, -0.1) is 0 Å². The summed E-state index contributed by atoms with van der Waals surface area (Å²) < 4.78 is 5.08. The Balaban J connectivity index is 1.73. The molecule has 148 valence electrons. The fourth-order valence-corrected chi connectivity index (χ4v) is 2.78. The molecule has 0 saturated carbocycles. The predicted octanol–water partition coefficient (Wildman–Crippen LogP) is 4.87. The van der Waals surface area contributed by atoms with Crippen molar-refractivity contribution in [1.29, 1.82) is 0 Å². The van der Waals surface area contributed by atoms with Crippen molar-refractivity contribution >= 4 is 29.1 Å². The van der Waals surface area contributed by atoms with E-state index in [2.05, 4.69) is 15.6 Å². The molecule has 2 aromatic carbocycles. The van der Waals surface area contributed by atoms with Crippen molar-refractivity contribution in [2.24, 2.45) is 0 Å². The zero-order chi connectivity index (χ0) is 20.8. The van der Waals surface area contributed by atoms with Gasteiger partial charge in [-0.05, 0) is 62.2 Å². The SMILES string of the molecule is CCOC(=O)c1ccccc1Nc1ccc(C(=O)Nc2cc(C)ccc2C)cn1. The summed E-state index contributed by atoms with van der Waals surface area (Å²) in [6.07, 6.45) is 1.50. The number of anilines is 3. The van der Waals surface area contributed by atoms with Crippen LogP contribution in [-0.2, 0) is 4.74 Å². The Hall–Kier alpha value is -3.67. The highest BCUT2D eigenvalue weighted by Crippen LogP contribution is 2.21. The largest absolute Gasteiger partial charge is 0.462 e. The Morgan fingerprint density at radius 1 is 1.00 bits per heavy atom. The van der Waals surface area contributed by atoms with Crippen molar-refractivity contribution in [2.75, 3.05) is 17.2 Å². The van der Waals surface area contributed by atoms with Crippen molar-refractivity contribution in [2.45, 2.75) is 20.8 Å². The molecule has 2 N–H and O–H groups in total. The molecule has 6 nitrogen and oxygen atoms in total. The van der Waals surface area contributed by atoms with Gasteiger partial charge in [0.2, 0.25) is 0 Å². The van der Waals surface area contributed by atoms with Gasteiger partial charge in [0.15, 0.2) is 0 Å². The van der Waals surface area contributed by atoms with Crippen LogP contribution in [0.25, 0.3) is 0 Å². The van der Waals surface area contributed by atoms with Gasteiger partial charge in [-0.1, -0.05) is 24.3 Å². The number of carbonyl (C=O) groups is 2. The van der Waals surface area contributed by atoms with Crippen LogP contribution in [0.1, 0.15) is 38.8 Å². The number of pyridine rings is 1. The van der Waals surface area contributed by atoms with E-state index in [9.17, 15) is 9.59 Å². The Kier molecular flexibility index (Phi) is 6.24. The van der Waals surface area contributed by atoms with Gasteiger partial charge in [0.05, 0.1) is 23.4 Å². The maximum atomic E-state index is 12.5. The summed E-state index contributed by atoms with van der Waals surface area (Å²) in [7, 11) is 0. The van der Waals surface area contributed by atoms with Crippen molar-refractivity contribution in [1.82, 2.24) is 4.98 Å². The second-order valence-electron chi connectivity index (χ2n) is 6.60. The lowest BCUT2D eigenvalue weighted by Crippen LogP contribution is -2.13. The Bertz CT molecular complexity index is 1030. The van der Waals surface area contributed by atoms with Gasteiger partial charge in [0.25, 0.3) is 5.91 Å². The van der Waals surface area contributed by atoms with Crippen LogP contribution in [-0.4, -0.2) is 23.5 Å². The summed E-state index contributed by atoms with van der Waals surface area (Å²) in [6.45, 7) is 5.99. The first-order valence-electron chi connectivity index (χ1n) is 9.35. The highest BCUT2D eigenvalue weighted by Gasteiger charge is 2.13. The average molecular weight is 389 g/mol. The van der Waals surface area contributed by atoms with Crippen molar-refractivity contribution < 1.29 is 14.3 Å². The third-order valence-electron chi connectivity index (χ3n) is 4.35. The molecule has 0 spiro atoms. The van der Waals surface area contributed by atoms with Crippen LogP contribution in [0.5, 0.6) is 0 Å². The van der Waals surface area contributed by atoms with Gasteiger partial charge in [-0.2, -0.15) is 0 Å². The molecule has 0 atom stereocenters. The van der Waals surface area contributed by atoms with Crippen LogP contribution in [0.15, 0.2) is 60.8 Å². The summed E-state index contributed by atoms with van der Waals surface area (Å²) in [5.74, 6) is -0.116. The number of nitrogens with one attached hydrogen (secondary N) is 2. The number of hydrogen-bond acceptors (Lipinski definition) is 5. The fourth-order valence-electron chi connectivity index (χ4n) is 2.78. The van der Waals surface area contributed by atoms with Crippen molar-refractivity contribution in [3.63, 3.8) is 0 Å². The molecule has 0 aliphatic carbocycles. The monoisotopic (exact) mass is 389 g/mol. The molecule has 1 heterocycles. The van der Waals surface area contributed by atoms with Crippen LogP contribution in [0, 0.1) is 13.8 Å². The van der Waals surface area contributed by atoms with Crippen LogP contribution < -0.4 is 10.6 Å². The van der Waals surface area contributed by atoms with Gasteiger partial charge in [-0.25, -0.2) is 9.78 Å². The molecule has 0 fully saturated rings. The summed E-state index contributed by atoms with van der Waals surface area (Å²) in [4.78, 5) is 28.9. The Morgan fingerprint density at radius 3 is 2.52 bits per heavy atom. The number of ether oxygens (including phenoxy) is 1. The minimum atomic E-state index is -0.403. The third kappa shape index (κ3) is 4.99. The molecule has 0 aliphatic heterocycles. The number of hydrogen-bond donors (Lipinski definition) is 2. The van der Waals surface area contributed by atoms with E-state index >= 15 is 0 Å². The van der Waals surface area contributed by atoms with Gasteiger partial charge in [0, 0.05) is 11.9 Å². The van der Waals surface area contributed by atoms with Crippen molar-refractivity contribution in [3.8, 4) is 0 Å². The highest BCUT2D eigenvalue weighted by molar-refractivity contribution is 6.04. The second kappa shape index (κ2) is 9.01. The number of aryl methyl sites for hydroxylation is 2. The molecule has 1 amide bonds. The van der Waals surface area contributed by atoms with E-state index in [1.165, 1.54) is 6.20 Å². The second-order valence-corrected chi connectivity index (χ2v) is 6.60. The lowest BCUT2D eigenvalue weighted by atomic mass is 10.1. The number of rotatable bonds is 6. The molecule has 0 aliphatic rings. The maximum absolute atomic E-state index is 12.5. The quantitative estimate of drug-likeness (QED) is 0.588. The molecule has 1 aromatic heterocycles. The van der Waals surface area contributed by atoms with E-state index in [4.69, 9.17) is 4.74 Å². The molecule has 0 saturated heterocycles. The van der Waals surface area contributed by atoms with Crippen molar-refractivity contribution in [3.05, 3.63) is 83.0 Å². The average Bonchev–Trinajstić information content (AvgIpc) is 2.72. The first kappa shape index (κ1) is 20.1. The highest BCUT2D eigenvalue weighted by atomic mass is 16.5. The summed E-state index contributed by atoms with van der Waals surface area (Å²) >= 11 is 0.